The molecule has 0 saturated carbocycles. The maximum absolute atomic E-state index is 8.82. The molecular weight excluding hydrogens is 272 g/mol. The van der Waals surface area contributed by atoms with E-state index in [0.29, 0.717) is 0 Å². The molecule has 22 heavy (non-hydrogen) atoms. The summed E-state index contributed by atoms with van der Waals surface area (Å²) in [7, 11) is 0. The summed E-state index contributed by atoms with van der Waals surface area (Å²) in [5.41, 5.74) is 2.67. The fourth-order valence-electron chi connectivity index (χ4n) is 2.48. The lowest BCUT2D eigenvalue weighted by molar-refractivity contribution is 0.288. The highest BCUT2D eigenvalue weighted by molar-refractivity contribution is 5.27. The van der Waals surface area contributed by atoms with Gasteiger partial charge in [0.05, 0.1) is 6.61 Å². The van der Waals surface area contributed by atoms with E-state index in [2.05, 4.69) is 42.5 Å². The summed E-state index contributed by atoms with van der Waals surface area (Å²) in [5.74, 6) is 0.941. The van der Waals surface area contributed by atoms with E-state index in [4.69, 9.17) is 9.84 Å². The lowest BCUT2D eigenvalue weighted by Crippen LogP contribution is -1.98. The third-order valence-corrected chi connectivity index (χ3v) is 3.77. The van der Waals surface area contributed by atoms with E-state index in [1.54, 1.807) is 0 Å². The molecule has 0 aromatic heterocycles. The van der Waals surface area contributed by atoms with E-state index >= 15 is 0 Å². The number of benzene rings is 2. The minimum atomic E-state index is 0.251. The van der Waals surface area contributed by atoms with Gasteiger partial charge in [-0.1, -0.05) is 42.5 Å². The van der Waals surface area contributed by atoms with Crippen molar-refractivity contribution < 1.29 is 9.84 Å². The minimum Gasteiger partial charge on any atom is -0.494 e. The smallest absolute Gasteiger partial charge is 0.119 e. The summed E-state index contributed by atoms with van der Waals surface area (Å²) in [5, 5.41) is 8.82. The van der Waals surface area contributed by atoms with Gasteiger partial charge in [-0.15, -0.1) is 0 Å². The first-order valence-electron chi connectivity index (χ1n) is 8.25. The first-order valence-corrected chi connectivity index (χ1v) is 8.25. The molecule has 0 aliphatic heterocycles. The number of aliphatic hydroxyl groups excluding tert-OH is 1. The Morgan fingerprint density at radius 3 is 2.09 bits per heavy atom. The molecule has 0 unspecified atom stereocenters. The van der Waals surface area contributed by atoms with Gasteiger partial charge < -0.3 is 9.84 Å². The summed E-state index contributed by atoms with van der Waals surface area (Å²) in [6, 6.07) is 18.9. The van der Waals surface area contributed by atoms with Crippen molar-refractivity contribution in [3.8, 4) is 5.75 Å². The standard InChI is InChI=1S/C20H26O2/c21-16-7-11-19-12-14-20(15-13-19)22-17-6-2-5-10-18-8-3-1-4-9-18/h1,3-4,8-9,12-15,21H,2,5-7,10-11,16-17H2. The molecule has 2 nitrogen and oxygen atoms in total. The maximum Gasteiger partial charge on any atom is 0.119 e. The molecule has 118 valence electrons. The van der Waals surface area contributed by atoms with Crippen molar-refractivity contribution in [2.45, 2.75) is 38.5 Å². The van der Waals surface area contributed by atoms with Gasteiger partial charge in [0.25, 0.3) is 0 Å². The summed E-state index contributed by atoms with van der Waals surface area (Å²) in [4.78, 5) is 0. The molecule has 0 spiro atoms. The molecule has 2 aromatic rings. The minimum absolute atomic E-state index is 0.251. The molecule has 0 fully saturated rings. The van der Waals surface area contributed by atoms with Crippen LogP contribution in [0, 0.1) is 0 Å². The highest BCUT2D eigenvalue weighted by Gasteiger charge is 1.97. The first-order chi connectivity index (χ1) is 10.9. The number of rotatable bonds is 10. The third-order valence-electron chi connectivity index (χ3n) is 3.77. The summed E-state index contributed by atoms with van der Waals surface area (Å²) < 4.78 is 5.77. The van der Waals surface area contributed by atoms with Crippen molar-refractivity contribution in [1.82, 2.24) is 0 Å². The zero-order chi connectivity index (χ0) is 15.5. The van der Waals surface area contributed by atoms with Crippen molar-refractivity contribution in [2.75, 3.05) is 13.2 Å². The zero-order valence-corrected chi connectivity index (χ0v) is 13.2. The summed E-state index contributed by atoms with van der Waals surface area (Å²) >= 11 is 0. The molecule has 1 N–H and O–H groups in total. The molecule has 2 heteroatoms. The van der Waals surface area contributed by atoms with E-state index in [-0.39, 0.29) is 6.61 Å². The van der Waals surface area contributed by atoms with E-state index in [0.717, 1.165) is 38.0 Å². The molecular formula is C20H26O2. The lowest BCUT2D eigenvalue weighted by atomic mass is 10.1. The van der Waals surface area contributed by atoms with E-state index < -0.39 is 0 Å². The highest BCUT2D eigenvalue weighted by atomic mass is 16.5. The van der Waals surface area contributed by atoms with Gasteiger partial charge in [-0.2, -0.15) is 0 Å². The second-order valence-corrected chi connectivity index (χ2v) is 5.62. The number of ether oxygens (including phenoxy) is 1. The number of hydrogen-bond acceptors (Lipinski definition) is 2. The van der Waals surface area contributed by atoms with Crippen molar-refractivity contribution in [3.63, 3.8) is 0 Å². The topological polar surface area (TPSA) is 29.5 Å². The lowest BCUT2D eigenvalue weighted by Gasteiger charge is -2.07. The van der Waals surface area contributed by atoms with E-state index in [1.807, 2.05) is 12.1 Å². The zero-order valence-electron chi connectivity index (χ0n) is 13.2. The predicted molar refractivity (Wildman–Crippen MR) is 91.3 cm³/mol. The second kappa shape index (κ2) is 10.0. The molecule has 2 rings (SSSR count). The van der Waals surface area contributed by atoms with Crippen LogP contribution in [-0.2, 0) is 12.8 Å². The largest absolute Gasteiger partial charge is 0.494 e. The molecule has 0 heterocycles. The molecule has 0 radical (unpaired) electrons. The van der Waals surface area contributed by atoms with E-state index in [1.165, 1.54) is 24.0 Å². The Labute approximate surface area is 133 Å². The second-order valence-electron chi connectivity index (χ2n) is 5.62. The maximum atomic E-state index is 8.82. The molecule has 0 aliphatic rings. The van der Waals surface area contributed by atoms with Gasteiger partial charge in [-0.3, -0.25) is 0 Å². The Morgan fingerprint density at radius 2 is 1.36 bits per heavy atom. The van der Waals surface area contributed by atoms with Crippen LogP contribution in [0.25, 0.3) is 0 Å². The monoisotopic (exact) mass is 298 g/mol. The van der Waals surface area contributed by atoms with Crippen molar-refractivity contribution in [1.29, 1.82) is 0 Å². The van der Waals surface area contributed by atoms with Crippen LogP contribution in [-0.4, -0.2) is 18.3 Å². The molecule has 0 saturated heterocycles. The number of aryl methyl sites for hydroxylation is 2. The van der Waals surface area contributed by atoms with Crippen LogP contribution in [0.4, 0.5) is 0 Å². The Kier molecular flexibility index (Phi) is 7.54. The first kappa shape index (κ1) is 16.6. The Balaban J connectivity index is 1.56. The van der Waals surface area contributed by atoms with Gasteiger partial charge in [0.15, 0.2) is 0 Å². The van der Waals surface area contributed by atoms with Crippen molar-refractivity contribution in [3.05, 3.63) is 65.7 Å². The highest BCUT2D eigenvalue weighted by Crippen LogP contribution is 2.14. The van der Waals surface area contributed by atoms with Crippen LogP contribution in [0.2, 0.25) is 0 Å². The van der Waals surface area contributed by atoms with Crippen molar-refractivity contribution in [2.24, 2.45) is 0 Å². The number of unbranched alkanes of at least 4 members (excludes halogenated alkanes) is 2. The summed E-state index contributed by atoms with van der Waals surface area (Å²) in [6.07, 6.45) is 6.41. The SMILES string of the molecule is OCCCc1ccc(OCCCCCc2ccccc2)cc1. The Bertz CT molecular complexity index is 505. The Morgan fingerprint density at radius 1 is 0.682 bits per heavy atom. The quantitative estimate of drug-likeness (QED) is 0.659. The fourth-order valence-corrected chi connectivity index (χ4v) is 2.48. The normalized spacial score (nSPS) is 10.6. The fraction of sp³-hybridized carbons (Fsp3) is 0.400. The van der Waals surface area contributed by atoms with Gasteiger partial charge in [-0.25, -0.2) is 0 Å². The average molecular weight is 298 g/mol. The van der Waals surface area contributed by atoms with Crippen LogP contribution < -0.4 is 4.74 Å². The molecule has 0 atom stereocenters. The van der Waals surface area contributed by atoms with Gasteiger partial charge >= 0.3 is 0 Å². The van der Waals surface area contributed by atoms with Gasteiger partial charge in [-0.05, 0) is 61.8 Å². The predicted octanol–water partition coefficient (Wildman–Crippen LogP) is 4.40. The third kappa shape index (κ3) is 6.31. The van der Waals surface area contributed by atoms with Gasteiger partial charge in [0, 0.05) is 6.61 Å². The van der Waals surface area contributed by atoms with Crippen molar-refractivity contribution >= 4 is 0 Å². The molecule has 0 aliphatic carbocycles. The molecule has 2 aromatic carbocycles. The van der Waals surface area contributed by atoms with Crippen LogP contribution in [0.3, 0.4) is 0 Å². The van der Waals surface area contributed by atoms with E-state index in [9.17, 15) is 0 Å². The van der Waals surface area contributed by atoms with Gasteiger partial charge in [0.1, 0.15) is 5.75 Å². The number of hydrogen-bond donors (Lipinski definition) is 1. The van der Waals surface area contributed by atoms with Gasteiger partial charge in [0.2, 0.25) is 0 Å². The molecule has 0 bridgehead atoms. The van der Waals surface area contributed by atoms with Crippen LogP contribution in [0.5, 0.6) is 5.75 Å². The molecule has 0 amide bonds. The average Bonchev–Trinajstić information content (AvgIpc) is 2.58. The number of aliphatic hydroxyl groups is 1. The van der Waals surface area contributed by atoms with Crippen LogP contribution in [0.15, 0.2) is 54.6 Å². The van der Waals surface area contributed by atoms with Crippen LogP contribution >= 0.6 is 0 Å². The van der Waals surface area contributed by atoms with Crippen LogP contribution in [0.1, 0.15) is 36.8 Å². The summed E-state index contributed by atoms with van der Waals surface area (Å²) in [6.45, 7) is 1.03. The Hall–Kier alpha value is -1.80.